The molecule has 1 unspecified atom stereocenters. The van der Waals surface area contributed by atoms with Gasteiger partial charge in [0.1, 0.15) is 5.82 Å². The van der Waals surface area contributed by atoms with E-state index in [4.69, 9.17) is 0 Å². The zero-order valence-electron chi connectivity index (χ0n) is 11.1. The van der Waals surface area contributed by atoms with E-state index in [1.807, 2.05) is 0 Å². The third-order valence-corrected chi connectivity index (χ3v) is 3.79. The normalized spacial score (nSPS) is 17.8. The standard InChI is InChI=1S/C15H15FN2O2/c1-9-2-7-13-12(8-9)14(15(19)20)17-18(13)11-5-3-10(16)4-6-11/h3-6,9H,2,7-8H2,1H3,(H,19,20). The molecular weight excluding hydrogens is 259 g/mol. The van der Waals surface area contributed by atoms with Crippen LogP contribution in [0.3, 0.4) is 0 Å². The van der Waals surface area contributed by atoms with Gasteiger partial charge in [-0.25, -0.2) is 13.9 Å². The molecule has 1 aromatic carbocycles. The average Bonchev–Trinajstić information content (AvgIpc) is 2.78. The summed E-state index contributed by atoms with van der Waals surface area (Å²) in [6.07, 6.45) is 2.55. The fourth-order valence-corrected chi connectivity index (χ4v) is 2.76. The summed E-state index contributed by atoms with van der Waals surface area (Å²) in [5.74, 6) is -0.857. The van der Waals surface area contributed by atoms with Crippen molar-refractivity contribution < 1.29 is 14.3 Å². The SMILES string of the molecule is CC1CCc2c(c(C(=O)O)nn2-c2ccc(F)cc2)C1. The number of halogens is 1. The van der Waals surface area contributed by atoms with Crippen LogP contribution in [0.4, 0.5) is 4.39 Å². The number of fused-ring (bicyclic) bond motifs is 1. The summed E-state index contributed by atoms with van der Waals surface area (Å²) in [6.45, 7) is 2.11. The molecule has 0 saturated carbocycles. The largest absolute Gasteiger partial charge is 0.476 e. The minimum absolute atomic E-state index is 0.121. The van der Waals surface area contributed by atoms with Crippen molar-refractivity contribution in [3.8, 4) is 5.69 Å². The number of carbonyl (C=O) groups is 1. The van der Waals surface area contributed by atoms with Gasteiger partial charge in [-0.15, -0.1) is 0 Å². The molecule has 1 N–H and O–H groups in total. The fourth-order valence-electron chi connectivity index (χ4n) is 2.76. The van der Waals surface area contributed by atoms with Crippen molar-refractivity contribution in [2.45, 2.75) is 26.2 Å². The van der Waals surface area contributed by atoms with E-state index in [9.17, 15) is 14.3 Å². The van der Waals surface area contributed by atoms with Gasteiger partial charge in [-0.1, -0.05) is 6.92 Å². The lowest BCUT2D eigenvalue weighted by Gasteiger charge is -2.19. The Balaban J connectivity index is 2.14. The number of hydrogen-bond donors (Lipinski definition) is 1. The van der Waals surface area contributed by atoms with Gasteiger partial charge in [0.15, 0.2) is 5.69 Å². The summed E-state index contributed by atoms with van der Waals surface area (Å²) in [7, 11) is 0. The highest BCUT2D eigenvalue weighted by molar-refractivity contribution is 5.87. The molecule has 0 aliphatic heterocycles. The second kappa shape index (κ2) is 4.74. The molecule has 2 aromatic rings. The van der Waals surface area contributed by atoms with E-state index in [2.05, 4.69) is 12.0 Å². The number of nitrogens with zero attached hydrogens (tertiary/aromatic N) is 2. The minimum atomic E-state index is -1.00. The van der Waals surface area contributed by atoms with Crippen molar-refractivity contribution >= 4 is 5.97 Å². The summed E-state index contributed by atoms with van der Waals surface area (Å²) in [6, 6.07) is 5.95. The Morgan fingerprint density at radius 2 is 2.10 bits per heavy atom. The van der Waals surface area contributed by atoms with Crippen molar-refractivity contribution in [3.05, 3.63) is 47.0 Å². The van der Waals surface area contributed by atoms with Crippen molar-refractivity contribution in [2.24, 2.45) is 5.92 Å². The van der Waals surface area contributed by atoms with Gasteiger partial charge in [0, 0.05) is 11.3 Å². The van der Waals surface area contributed by atoms with Crippen LogP contribution in [0, 0.1) is 11.7 Å². The molecule has 0 amide bonds. The number of carboxylic acid groups (broad SMARTS) is 1. The topological polar surface area (TPSA) is 55.1 Å². The molecule has 1 heterocycles. The Labute approximate surface area is 115 Å². The quantitative estimate of drug-likeness (QED) is 0.916. The summed E-state index contributed by atoms with van der Waals surface area (Å²) in [5.41, 5.74) is 2.58. The van der Waals surface area contributed by atoms with Gasteiger partial charge in [-0.3, -0.25) is 0 Å². The van der Waals surface area contributed by atoms with Crippen LogP contribution in [0.15, 0.2) is 24.3 Å². The molecule has 0 fully saturated rings. The van der Waals surface area contributed by atoms with E-state index in [-0.39, 0.29) is 11.5 Å². The van der Waals surface area contributed by atoms with Gasteiger partial charge in [-0.05, 0) is 49.4 Å². The number of hydrogen-bond acceptors (Lipinski definition) is 2. The Morgan fingerprint density at radius 3 is 2.75 bits per heavy atom. The first-order valence-electron chi connectivity index (χ1n) is 6.66. The van der Waals surface area contributed by atoms with Gasteiger partial charge < -0.3 is 5.11 Å². The van der Waals surface area contributed by atoms with E-state index < -0.39 is 5.97 Å². The minimum Gasteiger partial charge on any atom is -0.476 e. The molecule has 104 valence electrons. The van der Waals surface area contributed by atoms with Crippen LogP contribution >= 0.6 is 0 Å². The molecule has 1 aliphatic carbocycles. The third kappa shape index (κ3) is 2.09. The van der Waals surface area contributed by atoms with E-state index >= 15 is 0 Å². The molecule has 0 spiro atoms. The summed E-state index contributed by atoms with van der Waals surface area (Å²) < 4.78 is 14.6. The number of carboxylic acids is 1. The highest BCUT2D eigenvalue weighted by Gasteiger charge is 2.27. The highest BCUT2D eigenvalue weighted by atomic mass is 19.1. The maximum atomic E-state index is 13.0. The summed E-state index contributed by atoms with van der Waals surface area (Å²) in [4.78, 5) is 11.3. The molecule has 3 rings (SSSR count). The first-order chi connectivity index (χ1) is 9.56. The number of benzene rings is 1. The number of aromatic nitrogens is 2. The van der Waals surface area contributed by atoms with E-state index in [0.717, 1.165) is 30.5 Å². The van der Waals surface area contributed by atoms with Crippen LogP contribution in [0.2, 0.25) is 0 Å². The Morgan fingerprint density at radius 1 is 1.40 bits per heavy atom. The second-order valence-corrected chi connectivity index (χ2v) is 5.32. The maximum absolute atomic E-state index is 13.0. The lowest BCUT2D eigenvalue weighted by molar-refractivity contribution is 0.0688. The van der Waals surface area contributed by atoms with Crippen LogP contribution in [0.25, 0.3) is 5.69 Å². The average molecular weight is 274 g/mol. The predicted octanol–water partition coefficient (Wildman–Crippen LogP) is 2.83. The fraction of sp³-hybridized carbons (Fsp3) is 0.333. The second-order valence-electron chi connectivity index (χ2n) is 5.32. The van der Waals surface area contributed by atoms with Crippen molar-refractivity contribution in [1.29, 1.82) is 0 Å². The molecule has 20 heavy (non-hydrogen) atoms. The third-order valence-electron chi connectivity index (χ3n) is 3.79. The Kier molecular flexibility index (Phi) is 3.04. The summed E-state index contributed by atoms with van der Waals surface area (Å²) in [5, 5.41) is 13.5. The first kappa shape index (κ1) is 12.8. The molecule has 1 aliphatic rings. The van der Waals surface area contributed by atoms with Crippen molar-refractivity contribution in [3.63, 3.8) is 0 Å². The first-order valence-corrected chi connectivity index (χ1v) is 6.66. The molecule has 0 bridgehead atoms. The molecule has 5 heteroatoms. The molecular formula is C15H15FN2O2. The van der Waals surface area contributed by atoms with Gasteiger partial charge in [0.05, 0.1) is 5.69 Å². The molecule has 1 atom stereocenters. The van der Waals surface area contributed by atoms with Crippen molar-refractivity contribution in [2.75, 3.05) is 0 Å². The van der Waals surface area contributed by atoms with E-state index in [1.165, 1.54) is 12.1 Å². The van der Waals surface area contributed by atoms with Gasteiger partial charge in [0.2, 0.25) is 0 Å². The lowest BCUT2D eigenvalue weighted by Crippen LogP contribution is -2.14. The van der Waals surface area contributed by atoms with Gasteiger partial charge >= 0.3 is 5.97 Å². The van der Waals surface area contributed by atoms with Crippen LogP contribution in [-0.4, -0.2) is 20.9 Å². The van der Waals surface area contributed by atoms with Crippen LogP contribution in [0.5, 0.6) is 0 Å². The highest BCUT2D eigenvalue weighted by Crippen LogP contribution is 2.29. The number of aromatic carboxylic acids is 1. The van der Waals surface area contributed by atoms with Crippen molar-refractivity contribution in [1.82, 2.24) is 9.78 Å². The monoisotopic (exact) mass is 274 g/mol. The van der Waals surface area contributed by atoms with E-state index in [0.29, 0.717) is 11.6 Å². The molecule has 0 radical (unpaired) electrons. The Hall–Kier alpha value is -2.17. The number of rotatable bonds is 2. The zero-order valence-corrected chi connectivity index (χ0v) is 11.1. The van der Waals surface area contributed by atoms with Crippen LogP contribution in [0.1, 0.15) is 35.1 Å². The Bertz CT molecular complexity index is 661. The zero-order chi connectivity index (χ0) is 14.3. The van der Waals surface area contributed by atoms with Gasteiger partial charge in [-0.2, -0.15) is 5.10 Å². The molecule has 0 saturated heterocycles. The smallest absolute Gasteiger partial charge is 0.356 e. The van der Waals surface area contributed by atoms with Crippen LogP contribution < -0.4 is 0 Å². The predicted molar refractivity (Wildman–Crippen MR) is 71.7 cm³/mol. The van der Waals surface area contributed by atoms with Crippen LogP contribution in [-0.2, 0) is 12.8 Å². The molecule has 4 nitrogen and oxygen atoms in total. The lowest BCUT2D eigenvalue weighted by atomic mass is 9.87. The van der Waals surface area contributed by atoms with E-state index in [1.54, 1.807) is 16.8 Å². The maximum Gasteiger partial charge on any atom is 0.356 e. The molecule has 1 aromatic heterocycles. The summed E-state index contributed by atoms with van der Waals surface area (Å²) >= 11 is 0. The van der Waals surface area contributed by atoms with Gasteiger partial charge in [0.25, 0.3) is 0 Å².